The quantitative estimate of drug-likeness (QED) is 0.774. The summed E-state index contributed by atoms with van der Waals surface area (Å²) in [5, 5.41) is 8.72. The summed E-state index contributed by atoms with van der Waals surface area (Å²) in [6.07, 6.45) is 1.63. The van der Waals surface area contributed by atoms with Crippen LogP contribution in [-0.2, 0) is 4.74 Å². The molecule has 1 saturated heterocycles. The van der Waals surface area contributed by atoms with Gasteiger partial charge in [-0.15, -0.1) is 0 Å². The van der Waals surface area contributed by atoms with Gasteiger partial charge in [0.1, 0.15) is 5.75 Å². The molecule has 0 unspecified atom stereocenters. The number of hydrogen-bond acceptors (Lipinski definition) is 4. The van der Waals surface area contributed by atoms with Gasteiger partial charge in [0.25, 0.3) is 0 Å². The molecule has 0 saturated carbocycles. The Morgan fingerprint density at radius 3 is 2.50 bits per heavy atom. The first kappa shape index (κ1) is 14.8. The van der Waals surface area contributed by atoms with Gasteiger partial charge >= 0.3 is 0 Å². The molecule has 1 aliphatic heterocycles. The van der Waals surface area contributed by atoms with E-state index in [4.69, 9.17) is 14.7 Å². The van der Waals surface area contributed by atoms with Crippen molar-refractivity contribution in [1.29, 1.82) is 5.26 Å². The van der Waals surface area contributed by atoms with E-state index in [0.29, 0.717) is 24.4 Å². The number of nitriles is 1. The molecule has 4 heteroatoms. The fourth-order valence-corrected chi connectivity index (χ4v) is 2.57. The predicted molar refractivity (Wildman–Crippen MR) is 77.7 cm³/mol. The molecule has 4 nitrogen and oxygen atoms in total. The Kier molecular flexibility index (Phi) is 5.40. The van der Waals surface area contributed by atoms with Crippen molar-refractivity contribution in [1.82, 2.24) is 4.90 Å². The van der Waals surface area contributed by atoms with Gasteiger partial charge < -0.3 is 9.47 Å². The van der Waals surface area contributed by atoms with E-state index in [1.807, 2.05) is 12.1 Å². The zero-order chi connectivity index (χ0) is 14.4. The van der Waals surface area contributed by atoms with E-state index in [2.05, 4.69) is 24.8 Å². The average molecular weight is 274 g/mol. The van der Waals surface area contributed by atoms with Crippen molar-refractivity contribution in [2.75, 3.05) is 26.2 Å². The fourth-order valence-electron chi connectivity index (χ4n) is 2.57. The van der Waals surface area contributed by atoms with Crippen LogP contribution >= 0.6 is 0 Å². The van der Waals surface area contributed by atoms with Gasteiger partial charge in [-0.05, 0) is 44.5 Å². The van der Waals surface area contributed by atoms with Gasteiger partial charge in [0.2, 0.25) is 0 Å². The molecule has 0 spiro atoms. The van der Waals surface area contributed by atoms with Gasteiger partial charge in [-0.1, -0.05) is 0 Å². The third-order valence-electron chi connectivity index (χ3n) is 3.37. The Balaban J connectivity index is 1.67. The minimum atomic E-state index is 0.318. The predicted octanol–water partition coefficient (Wildman–Crippen LogP) is 2.44. The lowest BCUT2D eigenvalue weighted by Crippen LogP contribution is -2.45. The van der Waals surface area contributed by atoms with Crippen molar-refractivity contribution < 1.29 is 9.47 Å². The maximum absolute atomic E-state index is 8.72. The molecule has 1 aromatic rings. The van der Waals surface area contributed by atoms with Crippen LogP contribution in [0.1, 0.15) is 25.8 Å². The van der Waals surface area contributed by atoms with E-state index >= 15 is 0 Å². The molecule has 0 radical (unpaired) electrons. The summed E-state index contributed by atoms with van der Waals surface area (Å²) < 4.78 is 11.4. The molecule has 1 aliphatic rings. The lowest BCUT2D eigenvalue weighted by atomic mass is 10.2. The smallest absolute Gasteiger partial charge is 0.119 e. The molecule has 1 aromatic carbocycles. The normalized spacial score (nSPS) is 23.2. The maximum Gasteiger partial charge on any atom is 0.119 e. The molecule has 0 aromatic heterocycles. The van der Waals surface area contributed by atoms with E-state index in [0.717, 1.165) is 31.8 Å². The fraction of sp³-hybridized carbons (Fsp3) is 0.562. The maximum atomic E-state index is 8.72. The molecule has 0 amide bonds. The molecule has 1 heterocycles. The molecule has 0 bridgehead atoms. The molecule has 108 valence electrons. The molecular weight excluding hydrogens is 252 g/mol. The third-order valence-corrected chi connectivity index (χ3v) is 3.37. The molecule has 0 N–H and O–H groups in total. The van der Waals surface area contributed by atoms with Crippen LogP contribution in [0.25, 0.3) is 0 Å². The first-order chi connectivity index (χ1) is 9.67. The summed E-state index contributed by atoms with van der Waals surface area (Å²) in [5.41, 5.74) is 0.661. The zero-order valence-corrected chi connectivity index (χ0v) is 12.2. The molecule has 1 fully saturated rings. The number of hydrogen-bond donors (Lipinski definition) is 0. The second-order valence-electron chi connectivity index (χ2n) is 5.36. The first-order valence-electron chi connectivity index (χ1n) is 7.18. The second kappa shape index (κ2) is 7.28. The van der Waals surface area contributed by atoms with Crippen molar-refractivity contribution in [3.63, 3.8) is 0 Å². The first-order valence-corrected chi connectivity index (χ1v) is 7.18. The summed E-state index contributed by atoms with van der Waals surface area (Å²) >= 11 is 0. The number of ether oxygens (including phenoxy) is 2. The molecule has 20 heavy (non-hydrogen) atoms. The SMILES string of the molecule is C[C@H]1CN(CCCOc2ccc(C#N)cc2)C[C@H](C)O1. The number of benzene rings is 1. The highest BCUT2D eigenvalue weighted by atomic mass is 16.5. The van der Waals surface area contributed by atoms with Crippen LogP contribution in [0, 0.1) is 11.3 Å². The van der Waals surface area contributed by atoms with Crippen LogP contribution in [0.3, 0.4) is 0 Å². The Morgan fingerprint density at radius 1 is 1.25 bits per heavy atom. The van der Waals surface area contributed by atoms with Crippen molar-refractivity contribution in [3.05, 3.63) is 29.8 Å². The Morgan fingerprint density at radius 2 is 1.90 bits per heavy atom. The van der Waals surface area contributed by atoms with Crippen LogP contribution < -0.4 is 4.74 Å². The summed E-state index contributed by atoms with van der Waals surface area (Å²) in [6.45, 7) is 7.98. The zero-order valence-electron chi connectivity index (χ0n) is 12.2. The summed E-state index contributed by atoms with van der Waals surface area (Å²) in [4.78, 5) is 2.43. The van der Waals surface area contributed by atoms with Gasteiger partial charge in [0.05, 0.1) is 30.4 Å². The number of rotatable bonds is 5. The summed E-state index contributed by atoms with van der Waals surface area (Å²) in [7, 11) is 0. The summed E-state index contributed by atoms with van der Waals surface area (Å²) in [6, 6.07) is 9.34. The largest absolute Gasteiger partial charge is 0.494 e. The Hall–Kier alpha value is -1.57. The Labute approximate surface area is 120 Å². The van der Waals surface area contributed by atoms with Crippen LogP contribution in [0.5, 0.6) is 5.75 Å². The van der Waals surface area contributed by atoms with Crippen molar-refractivity contribution in [2.45, 2.75) is 32.5 Å². The highest BCUT2D eigenvalue weighted by Gasteiger charge is 2.21. The van der Waals surface area contributed by atoms with Crippen molar-refractivity contribution >= 4 is 0 Å². The molecular formula is C16H22N2O2. The molecule has 2 atom stereocenters. The monoisotopic (exact) mass is 274 g/mol. The topological polar surface area (TPSA) is 45.5 Å². The van der Waals surface area contributed by atoms with Gasteiger partial charge in [0, 0.05) is 19.6 Å². The lowest BCUT2D eigenvalue weighted by Gasteiger charge is -2.35. The van der Waals surface area contributed by atoms with Crippen molar-refractivity contribution in [2.24, 2.45) is 0 Å². The van der Waals surface area contributed by atoms with Gasteiger partial charge in [-0.25, -0.2) is 0 Å². The van der Waals surface area contributed by atoms with E-state index in [-0.39, 0.29) is 0 Å². The summed E-state index contributed by atoms with van der Waals surface area (Å²) in [5.74, 6) is 0.827. The average Bonchev–Trinajstić information content (AvgIpc) is 2.43. The Bertz CT molecular complexity index is 443. The van der Waals surface area contributed by atoms with Crippen LogP contribution in [-0.4, -0.2) is 43.3 Å². The van der Waals surface area contributed by atoms with Crippen LogP contribution in [0.4, 0.5) is 0 Å². The lowest BCUT2D eigenvalue weighted by molar-refractivity contribution is -0.0686. The highest BCUT2D eigenvalue weighted by Crippen LogP contribution is 2.13. The van der Waals surface area contributed by atoms with Gasteiger partial charge in [0.15, 0.2) is 0 Å². The second-order valence-corrected chi connectivity index (χ2v) is 5.36. The molecule has 0 aliphatic carbocycles. The van der Waals surface area contributed by atoms with Crippen molar-refractivity contribution in [3.8, 4) is 11.8 Å². The van der Waals surface area contributed by atoms with Gasteiger partial charge in [-0.2, -0.15) is 5.26 Å². The molecule has 2 rings (SSSR count). The van der Waals surface area contributed by atoms with E-state index < -0.39 is 0 Å². The van der Waals surface area contributed by atoms with Crippen LogP contribution in [0.15, 0.2) is 24.3 Å². The minimum Gasteiger partial charge on any atom is -0.494 e. The highest BCUT2D eigenvalue weighted by molar-refractivity contribution is 5.34. The van der Waals surface area contributed by atoms with E-state index in [1.54, 1.807) is 12.1 Å². The third kappa shape index (κ3) is 4.52. The van der Waals surface area contributed by atoms with E-state index in [1.165, 1.54) is 0 Å². The number of morpholine rings is 1. The van der Waals surface area contributed by atoms with Gasteiger partial charge in [-0.3, -0.25) is 4.90 Å². The standard InChI is InChI=1S/C16H22N2O2/c1-13-11-18(12-14(2)20-13)8-3-9-19-16-6-4-15(10-17)5-7-16/h4-7,13-14H,3,8-9,11-12H2,1-2H3/t13-,14-/m0/s1. The number of nitrogens with zero attached hydrogens (tertiary/aromatic N) is 2. The van der Waals surface area contributed by atoms with E-state index in [9.17, 15) is 0 Å². The van der Waals surface area contributed by atoms with Crippen LogP contribution in [0.2, 0.25) is 0 Å². The minimum absolute atomic E-state index is 0.318.